The quantitative estimate of drug-likeness (QED) is 0.400. The molecule has 168 valence electrons. The number of carbonyl (C=O) groups excluding carboxylic acids is 2. The third-order valence-electron chi connectivity index (χ3n) is 3.89. The predicted molar refractivity (Wildman–Crippen MR) is 119 cm³/mol. The molecular formula is C20H18F3N5O2S2. The molecule has 3 rings (SSSR count). The van der Waals surface area contributed by atoms with Crippen LogP contribution < -0.4 is 16.0 Å². The molecule has 0 spiro atoms. The Bertz CT molecular complexity index is 1100. The first kappa shape index (κ1) is 23.5. The Kier molecular flexibility index (Phi) is 7.70. The molecule has 0 saturated carbocycles. The van der Waals surface area contributed by atoms with E-state index in [1.807, 2.05) is 25.1 Å². The molecule has 2 amide bonds. The topological polar surface area (TPSA) is 96.0 Å². The fourth-order valence-electron chi connectivity index (χ4n) is 2.54. The minimum absolute atomic E-state index is 0.0170. The third kappa shape index (κ3) is 7.24. The van der Waals surface area contributed by atoms with E-state index in [4.69, 9.17) is 0 Å². The molecule has 0 bridgehead atoms. The lowest BCUT2D eigenvalue weighted by Crippen LogP contribution is -2.21. The van der Waals surface area contributed by atoms with Crippen LogP contribution in [-0.4, -0.2) is 40.5 Å². The second-order valence-corrected chi connectivity index (χ2v) is 8.75. The van der Waals surface area contributed by atoms with E-state index in [1.54, 1.807) is 30.3 Å². The minimum Gasteiger partial charge on any atom is -0.351 e. The highest BCUT2D eigenvalue weighted by Crippen LogP contribution is 2.27. The van der Waals surface area contributed by atoms with Crippen LogP contribution in [0.25, 0.3) is 0 Å². The van der Waals surface area contributed by atoms with Crippen LogP contribution in [0.15, 0.2) is 52.9 Å². The molecule has 0 unspecified atom stereocenters. The van der Waals surface area contributed by atoms with Gasteiger partial charge in [-0.05, 0) is 36.8 Å². The van der Waals surface area contributed by atoms with E-state index in [0.29, 0.717) is 21.3 Å². The number of anilines is 3. The standard InChI is InChI=1S/C20H18F3N5O2S2/c1-12-5-4-6-13(9-12)25-17(30)14-7-2-3-8-15(14)26-16(29)10-31-19-28-27-18(32-19)24-11-20(21,22)23/h2-9H,10-11H2,1H3,(H,24,27)(H,25,30)(H,26,29). The van der Waals surface area contributed by atoms with Crippen molar-refractivity contribution in [2.75, 3.05) is 28.2 Å². The van der Waals surface area contributed by atoms with Crippen molar-refractivity contribution in [2.45, 2.75) is 17.4 Å². The van der Waals surface area contributed by atoms with Crippen molar-refractivity contribution in [3.8, 4) is 0 Å². The molecule has 12 heteroatoms. The van der Waals surface area contributed by atoms with Gasteiger partial charge in [0.15, 0.2) is 4.34 Å². The summed E-state index contributed by atoms with van der Waals surface area (Å²) in [5.41, 5.74) is 2.27. The van der Waals surface area contributed by atoms with Gasteiger partial charge in [-0.3, -0.25) is 9.59 Å². The van der Waals surface area contributed by atoms with Crippen molar-refractivity contribution >= 4 is 51.4 Å². The summed E-state index contributed by atoms with van der Waals surface area (Å²) in [6.45, 7) is 0.697. The highest BCUT2D eigenvalue weighted by Gasteiger charge is 2.27. The van der Waals surface area contributed by atoms with Crippen LogP contribution in [0.1, 0.15) is 15.9 Å². The summed E-state index contributed by atoms with van der Waals surface area (Å²) in [4.78, 5) is 25.0. The van der Waals surface area contributed by atoms with Gasteiger partial charge in [-0.25, -0.2) is 0 Å². The van der Waals surface area contributed by atoms with E-state index in [1.165, 1.54) is 0 Å². The molecule has 0 aliphatic carbocycles. The van der Waals surface area contributed by atoms with Crippen LogP contribution in [0, 0.1) is 6.92 Å². The number of hydrogen-bond acceptors (Lipinski definition) is 7. The number of nitrogens with zero attached hydrogens (tertiary/aromatic N) is 2. The second-order valence-electron chi connectivity index (χ2n) is 6.55. The van der Waals surface area contributed by atoms with Crippen LogP contribution in [0.4, 0.5) is 29.7 Å². The Morgan fingerprint density at radius 2 is 1.84 bits per heavy atom. The van der Waals surface area contributed by atoms with Gasteiger partial charge in [-0.15, -0.1) is 10.2 Å². The zero-order valence-electron chi connectivity index (χ0n) is 16.7. The SMILES string of the molecule is Cc1cccc(NC(=O)c2ccccc2NC(=O)CSc2nnc(NCC(F)(F)F)s2)c1. The Morgan fingerprint density at radius 1 is 1.06 bits per heavy atom. The Balaban J connectivity index is 1.56. The van der Waals surface area contributed by atoms with Crippen molar-refractivity contribution in [1.82, 2.24) is 10.2 Å². The first-order valence-corrected chi connectivity index (χ1v) is 11.0. The smallest absolute Gasteiger partial charge is 0.351 e. The van der Waals surface area contributed by atoms with Gasteiger partial charge >= 0.3 is 6.18 Å². The number of halogens is 3. The largest absolute Gasteiger partial charge is 0.405 e. The first-order valence-electron chi connectivity index (χ1n) is 9.23. The third-order valence-corrected chi connectivity index (χ3v) is 5.91. The lowest BCUT2D eigenvalue weighted by molar-refractivity contribution is -0.115. The average molecular weight is 482 g/mol. The molecule has 3 N–H and O–H groups in total. The summed E-state index contributed by atoms with van der Waals surface area (Å²) in [7, 11) is 0. The van der Waals surface area contributed by atoms with Crippen molar-refractivity contribution in [2.24, 2.45) is 0 Å². The monoisotopic (exact) mass is 481 g/mol. The number of hydrogen-bond donors (Lipinski definition) is 3. The first-order chi connectivity index (χ1) is 15.2. The molecule has 0 fully saturated rings. The Labute approximate surface area is 189 Å². The molecule has 1 heterocycles. The normalized spacial score (nSPS) is 11.1. The Hall–Kier alpha value is -3.12. The van der Waals surface area contributed by atoms with Crippen LogP contribution in [0.3, 0.4) is 0 Å². The van der Waals surface area contributed by atoms with Crippen molar-refractivity contribution in [3.05, 3.63) is 59.7 Å². The lowest BCUT2D eigenvalue weighted by atomic mass is 10.1. The maximum absolute atomic E-state index is 12.7. The van der Waals surface area contributed by atoms with Gasteiger partial charge in [0, 0.05) is 5.69 Å². The average Bonchev–Trinajstić information content (AvgIpc) is 3.19. The summed E-state index contributed by atoms with van der Waals surface area (Å²) in [5, 5.41) is 15.0. The zero-order valence-corrected chi connectivity index (χ0v) is 18.3. The number of rotatable bonds is 8. The summed E-state index contributed by atoms with van der Waals surface area (Å²) in [5.74, 6) is -0.823. The molecule has 32 heavy (non-hydrogen) atoms. The van der Waals surface area contributed by atoms with E-state index in [2.05, 4.69) is 26.1 Å². The fraction of sp³-hybridized carbons (Fsp3) is 0.200. The number of nitrogens with one attached hydrogen (secondary N) is 3. The van der Waals surface area contributed by atoms with Gasteiger partial charge in [0.05, 0.1) is 17.0 Å². The summed E-state index contributed by atoms with van der Waals surface area (Å²) in [6.07, 6.45) is -4.36. The number of aryl methyl sites for hydroxylation is 1. The van der Waals surface area contributed by atoms with Gasteiger partial charge in [0.2, 0.25) is 11.0 Å². The van der Waals surface area contributed by atoms with E-state index in [9.17, 15) is 22.8 Å². The van der Waals surface area contributed by atoms with Gasteiger partial charge < -0.3 is 16.0 Å². The van der Waals surface area contributed by atoms with Crippen LogP contribution in [0.5, 0.6) is 0 Å². The number of thioether (sulfide) groups is 1. The molecule has 0 radical (unpaired) electrons. The van der Waals surface area contributed by atoms with E-state index in [0.717, 1.165) is 28.7 Å². The van der Waals surface area contributed by atoms with Gasteiger partial charge in [-0.1, -0.05) is 47.4 Å². The zero-order chi connectivity index (χ0) is 23.1. The van der Waals surface area contributed by atoms with Crippen LogP contribution in [-0.2, 0) is 4.79 Å². The van der Waals surface area contributed by atoms with Crippen molar-refractivity contribution in [3.63, 3.8) is 0 Å². The number of aromatic nitrogens is 2. The van der Waals surface area contributed by atoms with Crippen LogP contribution >= 0.6 is 23.1 Å². The van der Waals surface area contributed by atoms with E-state index < -0.39 is 18.6 Å². The molecule has 7 nitrogen and oxygen atoms in total. The summed E-state index contributed by atoms with van der Waals surface area (Å²) >= 11 is 1.95. The number of carbonyl (C=O) groups is 2. The molecule has 2 aromatic carbocycles. The Morgan fingerprint density at radius 3 is 2.59 bits per heavy atom. The van der Waals surface area contributed by atoms with Gasteiger partial charge in [0.25, 0.3) is 5.91 Å². The maximum atomic E-state index is 12.7. The molecule has 1 aromatic heterocycles. The number of amides is 2. The summed E-state index contributed by atoms with van der Waals surface area (Å²) < 4.78 is 37.1. The highest BCUT2D eigenvalue weighted by molar-refractivity contribution is 8.01. The maximum Gasteiger partial charge on any atom is 0.405 e. The molecular weight excluding hydrogens is 463 g/mol. The number of alkyl halides is 3. The van der Waals surface area contributed by atoms with Gasteiger partial charge in [-0.2, -0.15) is 13.2 Å². The highest BCUT2D eigenvalue weighted by atomic mass is 32.2. The molecule has 3 aromatic rings. The van der Waals surface area contributed by atoms with Gasteiger partial charge in [0.1, 0.15) is 6.54 Å². The van der Waals surface area contributed by atoms with E-state index >= 15 is 0 Å². The number of para-hydroxylation sites is 1. The van der Waals surface area contributed by atoms with E-state index in [-0.39, 0.29) is 16.8 Å². The second kappa shape index (κ2) is 10.5. The van der Waals surface area contributed by atoms with Crippen LogP contribution in [0.2, 0.25) is 0 Å². The van der Waals surface area contributed by atoms with Crippen molar-refractivity contribution in [1.29, 1.82) is 0 Å². The molecule has 0 aliphatic heterocycles. The predicted octanol–water partition coefficient (Wildman–Crippen LogP) is 4.80. The molecule has 0 saturated heterocycles. The fourth-order valence-corrected chi connectivity index (χ4v) is 4.09. The molecule has 0 atom stereocenters. The lowest BCUT2D eigenvalue weighted by Gasteiger charge is -2.11. The minimum atomic E-state index is -4.36. The number of benzene rings is 2. The van der Waals surface area contributed by atoms with Crippen molar-refractivity contribution < 1.29 is 22.8 Å². The summed E-state index contributed by atoms with van der Waals surface area (Å²) in [6, 6.07) is 13.9. The molecule has 0 aliphatic rings.